The zero-order valence-corrected chi connectivity index (χ0v) is 16.3. The molecule has 0 fully saturated rings. The van der Waals surface area contributed by atoms with Gasteiger partial charge in [-0.25, -0.2) is 4.98 Å². The fourth-order valence-corrected chi connectivity index (χ4v) is 5.38. The number of aromatic nitrogens is 2. The first kappa shape index (κ1) is 16.7. The summed E-state index contributed by atoms with van der Waals surface area (Å²) in [5, 5.41) is 4.87. The van der Waals surface area contributed by atoms with Gasteiger partial charge in [0, 0.05) is 15.8 Å². The Bertz CT molecular complexity index is 1010. The number of fused-ring (bicyclic) bond motifs is 2. The standard InChI is InChI=1S/C21H22N2S2/c1-3-4-12-24-21-22-17-9-5-6-10-18(17)23(21)13-16-14-25-19-11-7-8-15(2)20(16)19/h5-11,14H,3-4,12-13H2,1-2H3. The molecule has 0 aliphatic carbocycles. The van der Waals surface area contributed by atoms with Gasteiger partial charge >= 0.3 is 0 Å². The smallest absolute Gasteiger partial charge is 0.169 e. The van der Waals surface area contributed by atoms with E-state index in [0.717, 1.165) is 23.0 Å². The summed E-state index contributed by atoms with van der Waals surface area (Å²) in [6.07, 6.45) is 2.45. The van der Waals surface area contributed by atoms with Crippen molar-refractivity contribution in [2.45, 2.75) is 38.4 Å². The molecule has 2 heterocycles. The van der Waals surface area contributed by atoms with Crippen LogP contribution in [0.2, 0.25) is 0 Å². The van der Waals surface area contributed by atoms with Gasteiger partial charge in [0.15, 0.2) is 5.16 Å². The fraction of sp³-hybridized carbons (Fsp3) is 0.286. The second kappa shape index (κ2) is 7.22. The summed E-state index contributed by atoms with van der Waals surface area (Å²) in [7, 11) is 0. The van der Waals surface area contributed by atoms with Crippen molar-refractivity contribution >= 4 is 44.2 Å². The van der Waals surface area contributed by atoms with Crippen LogP contribution < -0.4 is 0 Å². The molecular weight excluding hydrogens is 344 g/mol. The van der Waals surface area contributed by atoms with E-state index in [-0.39, 0.29) is 0 Å². The third-order valence-corrected chi connectivity index (χ3v) is 6.62. The molecule has 0 saturated carbocycles. The summed E-state index contributed by atoms with van der Waals surface area (Å²) < 4.78 is 3.77. The van der Waals surface area contributed by atoms with Gasteiger partial charge in [-0.05, 0) is 48.1 Å². The van der Waals surface area contributed by atoms with Crippen molar-refractivity contribution < 1.29 is 0 Å². The minimum absolute atomic E-state index is 0.889. The van der Waals surface area contributed by atoms with Gasteiger partial charge in [0.2, 0.25) is 0 Å². The van der Waals surface area contributed by atoms with E-state index >= 15 is 0 Å². The number of hydrogen-bond donors (Lipinski definition) is 0. The fourth-order valence-electron chi connectivity index (χ4n) is 3.25. The van der Waals surface area contributed by atoms with Crippen LogP contribution in [0.3, 0.4) is 0 Å². The van der Waals surface area contributed by atoms with E-state index in [0.29, 0.717) is 0 Å². The van der Waals surface area contributed by atoms with E-state index in [1.165, 1.54) is 39.6 Å². The number of thiophene rings is 1. The normalized spacial score (nSPS) is 11.6. The van der Waals surface area contributed by atoms with Gasteiger partial charge in [-0.15, -0.1) is 11.3 Å². The van der Waals surface area contributed by atoms with E-state index in [1.54, 1.807) is 0 Å². The van der Waals surface area contributed by atoms with Crippen LogP contribution in [0.5, 0.6) is 0 Å². The van der Waals surface area contributed by atoms with Gasteiger partial charge < -0.3 is 4.57 Å². The highest BCUT2D eigenvalue weighted by Gasteiger charge is 2.14. The third kappa shape index (κ3) is 3.21. The van der Waals surface area contributed by atoms with Crippen LogP contribution in [-0.2, 0) is 6.54 Å². The Balaban J connectivity index is 1.78. The molecule has 25 heavy (non-hydrogen) atoms. The maximum Gasteiger partial charge on any atom is 0.169 e. The van der Waals surface area contributed by atoms with Crippen molar-refractivity contribution in [3.63, 3.8) is 0 Å². The summed E-state index contributed by atoms with van der Waals surface area (Å²) in [6, 6.07) is 15.1. The molecule has 0 atom stereocenters. The number of benzene rings is 2. The third-order valence-electron chi connectivity index (χ3n) is 4.56. The van der Waals surface area contributed by atoms with Gasteiger partial charge in [0.25, 0.3) is 0 Å². The van der Waals surface area contributed by atoms with Crippen LogP contribution in [0.4, 0.5) is 0 Å². The summed E-state index contributed by atoms with van der Waals surface area (Å²) in [5.74, 6) is 1.13. The van der Waals surface area contributed by atoms with E-state index in [4.69, 9.17) is 4.98 Å². The van der Waals surface area contributed by atoms with E-state index in [1.807, 2.05) is 23.1 Å². The molecule has 2 aromatic heterocycles. The maximum absolute atomic E-state index is 4.90. The molecule has 128 valence electrons. The summed E-state index contributed by atoms with van der Waals surface area (Å²) in [4.78, 5) is 4.90. The highest BCUT2D eigenvalue weighted by Crippen LogP contribution is 2.32. The molecule has 0 bridgehead atoms. The lowest BCUT2D eigenvalue weighted by atomic mass is 10.1. The first-order chi connectivity index (χ1) is 12.3. The van der Waals surface area contributed by atoms with E-state index in [9.17, 15) is 0 Å². The Hall–Kier alpha value is -1.78. The summed E-state index contributed by atoms with van der Waals surface area (Å²) in [5.41, 5.74) is 5.09. The van der Waals surface area contributed by atoms with Crippen molar-refractivity contribution in [1.82, 2.24) is 9.55 Å². The van der Waals surface area contributed by atoms with Gasteiger partial charge in [-0.2, -0.15) is 0 Å². The Morgan fingerprint density at radius 3 is 2.88 bits per heavy atom. The van der Waals surface area contributed by atoms with E-state index in [2.05, 4.69) is 66.3 Å². The van der Waals surface area contributed by atoms with Crippen LogP contribution in [0, 0.1) is 6.92 Å². The zero-order chi connectivity index (χ0) is 17.2. The molecule has 2 nitrogen and oxygen atoms in total. The lowest BCUT2D eigenvalue weighted by Gasteiger charge is -2.09. The number of nitrogens with zero attached hydrogens (tertiary/aromatic N) is 2. The number of thioether (sulfide) groups is 1. The molecule has 4 rings (SSSR count). The lowest BCUT2D eigenvalue weighted by molar-refractivity contribution is 0.734. The van der Waals surface area contributed by atoms with Crippen LogP contribution in [0.25, 0.3) is 21.1 Å². The SMILES string of the molecule is CCCCSc1nc2ccccc2n1Cc1csc2cccc(C)c12. The molecule has 2 aromatic carbocycles. The molecule has 0 aliphatic heterocycles. The maximum atomic E-state index is 4.90. The molecular formula is C21H22N2S2. The minimum Gasteiger partial charge on any atom is -0.314 e. The summed E-state index contributed by atoms with van der Waals surface area (Å²) >= 11 is 3.73. The molecule has 4 heteroatoms. The average molecular weight is 367 g/mol. The topological polar surface area (TPSA) is 17.8 Å². The molecule has 4 aromatic rings. The Morgan fingerprint density at radius 2 is 2.00 bits per heavy atom. The molecule has 0 spiro atoms. The number of imidazole rings is 1. The second-order valence-corrected chi connectivity index (χ2v) is 8.35. The quantitative estimate of drug-likeness (QED) is 0.286. The average Bonchev–Trinajstić information content (AvgIpc) is 3.19. The highest BCUT2D eigenvalue weighted by atomic mass is 32.2. The van der Waals surface area contributed by atoms with Crippen LogP contribution in [0.15, 0.2) is 53.0 Å². The van der Waals surface area contributed by atoms with E-state index < -0.39 is 0 Å². The Kier molecular flexibility index (Phi) is 4.82. The van der Waals surface area contributed by atoms with Crippen molar-refractivity contribution in [3.05, 3.63) is 59.0 Å². The van der Waals surface area contributed by atoms with Gasteiger partial charge in [0.1, 0.15) is 0 Å². The monoisotopic (exact) mass is 366 g/mol. The Morgan fingerprint density at radius 1 is 1.12 bits per heavy atom. The highest BCUT2D eigenvalue weighted by molar-refractivity contribution is 7.99. The number of rotatable bonds is 6. The van der Waals surface area contributed by atoms with Gasteiger partial charge in [-0.3, -0.25) is 0 Å². The number of unbranched alkanes of at least 4 members (excludes halogenated alkanes) is 1. The van der Waals surface area contributed by atoms with Crippen molar-refractivity contribution in [3.8, 4) is 0 Å². The van der Waals surface area contributed by atoms with Crippen LogP contribution >= 0.6 is 23.1 Å². The molecule has 0 radical (unpaired) electrons. The van der Waals surface area contributed by atoms with Crippen molar-refractivity contribution in [1.29, 1.82) is 0 Å². The Labute approximate surface area is 156 Å². The van der Waals surface area contributed by atoms with Crippen molar-refractivity contribution in [2.75, 3.05) is 5.75 Å². The largest absolute Gasteiger partial charge is 0.314 e. The zero-order valence-electron chi connectivity index (χ0n) is 14.7. The molecule has 0 aliphatic rings. The lowest BCUT2D eigenvalue weighted by Crippen LogP contribution is -2.01. The predicted octanol–water partition coefficient (Wildman–Crippen LogP) is 6.50. The first-order valence-electron chi connectivity index (χ1n) is 8.81. The van der Waals surface area contributed by atoms with Crippen LogP contribution in [0.1, 0.15) is 30.9 Å². The molecule has 0 saturated heterocycles. The predicted molar refractivity (Wildman–Crippen MR) is 111 cm³/mol. The van der Waals surface area contributed by atoms with Crippen LogP contribution in [-0.4, -0.2) is 15.3 Å². The minimum atomic E-state index is 0.889. The second-order valence-electron chi connectivity index (χ2n) is 6.38. The summed E-state index contributed by atoms with van der Waals surface area (Å²) in [6.45, 7) is 5.34. The number of hydrogen-bond acceptors (Lipinski definition) is 3. The molecule has 0 N–H and O–H groups in total. The number of para-hydroxylation sites is 2. The van der Waals surface area contributed by atoms with Crippen molar-refractivity contribution in [2.24, 2.45) is 0 Å². The molecule has 0 unspecified atom stereocenters. The van der Waals surface area contributed by atoms with Gasteiger partial charge in [-0.1, -0.05) is 49.4 Å². The molecule has 0 amide bonds. The number of aryl methyl sites for hydroxylation is 1. The first-order valence-corrected chi connectivity index (χ1v) is 10.7. The van der Waals surface area contributed by atoms with Gasteiger partial charge in [0.05, 0.1) is 17.6 Å².